The lowest BCUT2D eigenvalue weighted by atomic mass is 10.3. The van der Waals surface area contributed by atoms with E-state index in [4.69, 9.17) is 11.6 Å². The predicted molar refractivity (Wildman–Crippen MR) is 64.8 cm³/mol. The molecule has 5 heteroatoms. The van der Waals surface area contributed by atoms with Crippen LogP contribution in [0.15, 0.2) is 18.2 Å². The van der Waals surface area contributed by atoms with Gasteiger partial charge in [0.2, 0.25) is 0 Å². The third-order valence-electron chi connectivity index (χ3n) is 2.16. The zero-order valence-corrected chi connectivity index (χ0v) is 10.3. The summed E-state index contributed by atoms with van der Waals surface area (Å²) in [5.41, 5.74) is 1.50. The minimum absolute atomic E-state index is 0.117. The lowest BCUT2D eigenvalue weighted by Gasteiger charge is -2.01. The summed E-state index contributed by atoms with van der Waals surface area (Å²) >= 11 is 5.47. The van der Waals surface area contributed by atoms with E-state index in [1.54, 1.807) is 23.9 Å². The Labute approximate surface area is 100 Å². The van der Waals surface area contributed by atoms with Gasteiger partial charge >= 0.3 is 0 Å². The molecule has 0 aromatic carbocycles. The van der Waals surface area contributed by atoms with Crippen LogP contribution in [0.4, 0.5) is 0 Å². The molecule has 0 atom stereocenters. The molecular weight excluding hydrogens is 226 g/mol. The number of aromatic nitrogens is 2. The Morgan fingerprint density at radius 2 is 2.38 bits per heavy atom. The average Bonchev–Trinajstić information content (AvgIpc) is 2.66. The molecule has 1 heterocycles. The number of rotatable bonds is 5. The van der Waals surface area contributed by atoms with Gasteiger partial charge in [0.1, 0.15) is 5.69 Å². The first-order chi connectivity index (χ1) is 7.69. The van der Waals surface area contributed by atoms with Gasteiger partial charge in [0.25, 0.3) is 5.91 Å². The van der Waals surface area contributed by atoms with Gasteiger partial charge in [-0.05, 0) is 12.5 Å². The van der Waals surface area contributed by atoms with Gasteiger partial charge in [-0.2, -0.15) is 5.10 Å². The highest BCUT2D eigenvalue weighted by atomic mass is 35.5. The molecule has 0 aliphatic rings. The van der Waals surface area contributed by atoms with Crippen LogP contribution < -0.4 is 5.32 Å². The number of amides is 1. The van der Waals surface area contributed by atoms with Crippen molar-refractivity contribution < 1.29 is 4.79 Å². The van der Waals surface area contributed by atoms with Crippen molar-refractivity contribution in [1.82, 2.24) is 15.1 Å². The largest absolute Gasteiger partial charge is 0.347 e. The summed E-state index contributed by atoms with van der Waals surface area (Å²) in [4.78, 5) is 11.7. The second-order valence-electron chi connectivity index (χ2n) is 3.33. The summed E-state index contributed by atoms with van der Waals surface area (Å²) in [6.45, 7) is 2.49. The number of nitrogens with zero attached hydrogens (tertiary/aromatic N) is 2. The van der Waals surface area contributed by atoms with Crippen molar-refractivity contribution in [2.75, 3.05) is 12.4 Å². The molecule has 1 aromatic heterocycles. The second-order valence-corrected chi connectivity index (χ2v) is 3.64. The number of carbonyl (C=O) groups is 1. The standard InChI is InChI=1S/C11H16ClN3O/c1-3-9-8-10(15(2)14-9)11(16)13-7-5-4-6-12/h4-5,8H,3,6-7H2,1-2H3,(H,13,16)/b5-4+. The van der Waals surface area contributed by atoms with Gasteiger partial charge < -0.3 is 5.32 Å². The highest BCUT2D eigenvalue weighted by Gasteiger charge is 2.10. The van der Waals surface area contributed by atoms with Crippen molar-refractivity contribution in [3.8, 4) is 0 Å². The maximum Gasteiger partial charge on any atom is 0.269 e. The van der Waals surface area contributed by atoms with Crippen molar-refractivity contribution in [1.29, 1.82) is 0 Å². The molecule has 1 amide bonds. The van der Waals surface area contributed by atoms with Crippen LogP contribution in [0.5, 0.6) is 0 Å². The quantitative estimate of drug-likeness (QED) is 0.628. The average molecular weight is 242 g/mol. The Morgan fingerprint density at radius 1 is 1.62 bits per heavy atom. The number of hydrogen-bond donors (Lipinski definition) is 1. The van der Waals surface area contributed by atoms with Crippen molar-refractivity contribution in [3.05, 3.63) is 29.6 Å². The van der Waals surface area contributed by atoms with Crippen LogP contribution >= 0.6 is 11.6 Å². The highest BCUT2D eigenvalue weighted by Crippen LogP contribution is 2.03. The van der Waals surface area contributed by atoms with E-state index in [9.17, 15) is 4.79 Å². The first kappa shape index (κ1) is 12.8. The van der Waals surface area contributed by atoms with E-state index < -0.39 is 0 Å². The normalized spacial score (nSPS) is 10.9. The maximum absolute atomic E-state index is 11.7. The summed E-state index contributed by atoms with van der Waals surface area (Å²) in [5.74, 6) is 0.343. The van der Waals surface area contributed by atoms with Gasteiger partial charge in [0, 0.05) is 19.5 Å². The van der Waals surface area contributed by atoms with Crippen molar-refractivity contribution in [3.63, 3.8) is 0 Å². The third-order valence-corrected chi connectivity index (χ3v) is 2.34. The van der Waals surface area contributed by atoms with E-state index in [0.29, 0.717) is 18.1 Å². The second kappa shape index (κ2) is 6.33. The Bertz CT molecular complexity index is 385. The fraction of sp³-hybridized carbons (Fsp3) is 0.455. The van der Waals surface area contributed by atoms with Gasteiger partial charge in [-0.25, -0.2) is 0 Å². The van der Waals surface area contributed by atoms with E-state index in [0.717, 1.165) is 12.1 Å². The monoisotopic (exact) mass is 241 g/mol. The summed E-state index contributed by atoms with van der Waals surface area (Å²) in [7, 11) is 1.77. The maximum atomic E-state index is 11.7. The molecule has 16 heavy (non-hydrogen) atoms. The predicted octanol–water partition coefficient (Wildman–Crippen LogP) is 1.51. The fourth-order valence-corrected chi connectivity index (χ4v) is 1.43. The van der Waals surface area contributed by atoms with Crippen LogP contribution in [-0.2, 0) is 13.5 Å². The zero-order chi connectivity index (χ0) is 12.0. The van der Waals surface area contributed by atoms with Crippen LogP contribution in [0.1, 0.15) is 23.1 Å². The minimum atomic E-state index is -0.117. The summed E-state index contributed by atoms with van der Waals surface area (Å²) in [6, 6.07) is 1.81. The lowest BCUT2D eigenvalue weighted by molar-refractivity contribution is 0.0948. The molecule has 1 rings (SSSR count). The molecule has 1 aromatic rings. The number of halogens is 1. The third kappa shape index (κ3) is 3.38. The molecule has 0 radical (unpaired) electrons. The number of allylic oxidation sites excluding steroid dienone is 1. The molecule has 0 unspecified atom stereocenters. The Kier molecular flexibility index (Phi) is 5.05. The van der Waals surface area contributed by atoms with Crippen molar-refractivity contribution in [2.24, 2.45) is 7.05 Å². The number of carbonyl (C=O) groups excluding carboxylic acids is 1. The molecule has 0 aliphatic heterocycles. The molecule has 1 N–H and O–H groups in total. The molecule has 88 valence electrons. The summed E-state index contributed by atoms with van der Waals surface area (Å²) < 4.78 is 1.60. The molecule has 0 saturated carbocycles. The fourth-order valence-electron chi connectivity index (χ4n) is 1.30. The van der Waals surface area contributed by atoms with Gasteiger partial charge in [0.15, 0.2) is 0 Å². The lowest BCUT2D eigenvalue weighted by Crippen LogP contribution is -2.25. The van der Waals surface area contributed by atoms with Gasteiger partial charge in [-0.15, -0.1) is 11.6 Å². The highest BCUT2D eigenvalue weighted by molar-refractivity contribution is 6.18. The first-order valence-electron chi connectivity index (χ1n) is 5.21. The molecule has 0 saturated heterocycles. The molecule has 4 nitrogen and oxygen atoms in total. The first-order valence-corrected chi connectivity index (χ1v) is 5.74. The Hall–Kier alpha value is -1.29. The van der Waals surface area contributed by atoms with Crippen LogP contribution in [0.3, 0.4) is 0 Å². The van der Waals surface area contributed by atoms with Crippen LogP contribution in [0.2, 0.25) is 0 Å². The molecule has 0 bridgehead atoms. The minimum Gasteiger partial charge on any atom is -0.347 e. The van der Waals surface area contributed by atoms with Gasteiger partial charge in [-0.1, -0.05) is 19.1 Å². The molecule has 0 aliphatic carbocycles. The zero-order valence-electron chi connectivity index (χ0n) is 9.53. The van der Waals surface area contributed by atoms with E-state index in [-0.39, 0.29) is 5.91 Å². The number of nitrogens with one attached hydrogen (secondary N) is 1. The number of aryl methyl sites for hydroxylation is 2. The molecule has 0 fully saturated rings. The van der Waals surface area contributed by atoms with E-state index >= 15 is 0 Å². The van der Waals surface area contributed by atoms with E-state index in [1.807, 2.05) is 13.0 Å². The van der Waals surface area contributed by atoms with Gasteiger partial charge in [-0.3, -0.25) is 9.48 Å². The van der Waals surface area contributed by atoms with E-state index in [2.05, 4.69) is 10.4 Å². The number of alkyl halides is 1. The SMILES string of the molecule is CCc1cc(C(=O)NC/C=C/CCl)n(C)n1. The van der Waals surface area contributed by atoms with Crippen LogP contribution in [-0.4, -0.2) is 28.1 Å². The molecule has 0 spiro atoms. The molecular formula is C11H16ClN3O. The smallest absolute Gasteiger partial charge is 0.269 e. The Balaban J connectivity index is 2.58. The Morgan fingerprint density at radius 3 is 2.94 bits per heavy atom. The number of hydrogen-bond acceptors (Lipinski definition) is 2. The van der Waals surface area contributed by atoms with Crippen molar-refractivity contribution in [2.45, 2.75) is 13.3 Å². The van der Waals surface area contributed by atoms with Gasteiger partial charge in [0.05, 0.1) is 5.69 Å². The van der Waals surface area contributed by atoms with Crippen molar-refractivity contribution >= 4 is 17.5 Å². The van der Waals surface area contributed by atoms with Crippen LogP contribution in [0.25, 0.3) is 0 Å². The van der Waals surface area contributed by atoms with E-state index in [1.165, 1.54) is 0 Å². The summed E-state index contributed by atoms with van der Waals surface area (Å²) in [5, 5.41) is 6.98. The summed E-state index contributed by atoms with van der Waals surface area (Å²) in [6.07, 6.45) is 4.44. The van der Waals surface area contributed by atoms with Crippen LogP contribution in [0, 0.1) is 0 Å². The topological polar surface area (TPSA) is 46.9 Å².